The van der Waals surface area contributed by atoms with Crippen LogP contribution in [0.25, 0.3) is 0 Å². The van der Waals surface area contributed by atoms with Crippen LogP contribution in [0.4, 0.5) is 0 Å². The van der Waals surface area contributed by atoms with Gasteiger partial charge in [0.25, 0.3) is 0 Å². The van der Waals surface area contributed by atoms with E-state index in [1.54, 1.807) is 0 Å². The van der Waals surface area contributed by atoms with Gasteiger partial charge in [0.2, 0.25) is 0 Å². The summed E-state index contributed by atoms with van der Waals surface area (Å²) in [5.41, 5.74) is 0.690. The molecule has 0 aromatic rings. The summed E-state index contributed by atoms with van der Waals surface area (Å²) < 4.78 is 0. The van der Waals surface area contributed by atoms with Crippen LogP contribution in [0.5, 0.6) is 0 Å². The van der Waals surface area contributed by atoms with E-state index in [2.05, 4.69) is 12.2 Å². The summed E-state index contributed by atoms with van der Waals surface area (Å²) in [4.78, 5) is 0. The number of nitrogens with one attached hydrogen (secondary N) is 1. The van der Waals surface area contributed by atoms with Gasteiger partial charge in [-0.1, -0.05) is 26.2 Å². The van der Waals surface area contributed by atoms with E-state index in [0.717, 1.165) is 0 Å². The molecule has 0 amide bonds. The van der Waals surface area contributed by atoms with Crippen molar-refractivity contribution in [2.45, 2.75) is 51.9 Å². The van der Waals surface area contributed by atoms with Crippen molar-refractivity contribution in [3.05, 3.63) is 0 Å². The highest BCUT2D eigenvalue weighted by atomic mass is 14.8. The number of hydrogen-bond donors (Lipinski definition) is 1. The zero-order chi connectivity index (χ0) is 8.86. The van der Waals surface area contributed by atoms with Crippen molar-refractivity contribution in [2.75, 3.05) is 13.6 Å². The zero-order valence-corrected chi connectivity index (χ0v) is 8.66. The van der Waals surface area contributed by atoms with Crippen LogP contribution in [0.1, 0.15) is 51.9 Å². The average molecular weight is 169 g/mol. The average Bonchev–Trinajstić information content (AvgIpc) is 2.06. The molecule has 0 spiro atoms. The third-order valence-corrected chi connectivity index (χ3v) is 3.27. The Morgan fingerprint density at radius 2 is 1.83 bits per heavy atom. The Bertz CT molecular complexity index is 114. The van der Waals surface area contributed by atoms with Gasteiger partial charge in [0.05, 0.1) is 0 Å². The summed E-state index contributed by atoms with van der Waals surface area (Å²) in [7, 11) is 2.04. The molecule has 0 aromatic heterocycles. The summed E-state index contributed by atoms with van der Waals surface area (Å²) in [6, 6.07) is 0. The fourth-order valence-electron chi connectivity index (χ4n) is 2.35. The first kappa shape index (κ1) is 10.0. The van der Waals surface area contributed by atoms with Crippen LogP contribution in [-0.2, 0) is 0 Å². The molecule has 1 rings (SSSR count). The summed E-state index contributed by atoms with van der Waals surface area (Å²) in [5, 5.41) is 3.22. The minimum atomic E-state index is 0.690. The molecule has 0 aliphatic heterocycles. The van der Waals surface area contributed by atoms with Crippen LogP contribution in [0.3, 0.4) is 0 Å². The molecule has 0 unspecified atom stereocenters. The zero-order valence-electron chi connectivity index (χ0n) is 8.66. The lowest BCUT2D eigenvalue weighted by Crippen LogP contribution is -2.21. The minimum absolute atomic E-state index is 0.690. The standard InChI is InChI=1S/C11H23N/c1-11(9-6-10-12-2)7-4-3-5-8-11/h12H,3-10H2,1-2H3. The predicted molar refractivity (Wildman–Crippen MR) is 54.4 cm³/mol. The van der Waals surface area contributed by atoms with Gasteiger partial charge in [-0.3, -0.25) is 0 Å². The predicted octanol–water partition coefficient (Wildman–Crippen LogP) is 2.96. The maximum Gasteiger partial charge on any atom is -0.00517 e. The van der Waals surface area contributed by atoms with Gasteiger partial charge < -0.3 is 5.32 Å². The van der Waals surface area contributed by atoms with Crippen LogP contribution < -0.4 is 5.32 Å². The molecular formula is C11H23N. The molecule has 0 heterocycles. The van der Waals surface area contributed by atoms with E-state index in [9.17, 15) is 0 Å². The SMILES string of the molecule is CNCCCC1(C)CCCCC1. The Balaban J connectivity index is 2.17. The van der Waals surface area contributed by atoms with Gasteiger partial charge in [-0.05, 0) is 44.7 Å². The molecule has 1 saturated carbocycles. The van der Waals surface area contributed by atoms with Gasteiger partial charge >= 0.3 is 0 Å². The third kappa shape index (κ3) is 3.14. The van der Waals surface area contributed by atoms with E-state index in [4.69, 9.17) is 0 Å². The number of hydrogen-bond acceptors (Lipinski definition) is 1. The monoisotopic (exact) mass is 169 g/mol. The molecule has 12 heavy (non-hydrogen) atoms. The van der Waals surface area contributed by atoms with Crippen molar-refractivity contribution in [2.24, 2.45) is 5.41 Å². The van der Waals surface area contributed by atoms with Crippen molar-refractivity contribution in [1.29, 1.82) is 0 Å². The first-order valence-electron chi connectivity index (χ1n) is 5.41. The van der Waals surface area contributed by atoms with Crippen LogP contribution in [0.15, 0.2) is 0 Å². The molecule has 1 fully saturated rings. The Kier molecular flexibility index (Phi) is 4.07. The molecule has 72 valence electrons. The van der Waals surface area contributed by atoms with Crippen LogP contribution in [0, 0.1) is 5.41 Å². The summed E-state index contributed by atoms with van der Waals surface area (Å²) in [5.74, 6) is 0. The molecule has 1 aliphatic carbocycles. The fourth-order valence-corrected chi connectivity index (χ4v) is 2.35. The Hall–Kier alpha value is -0.0400. The van der Waals surface area contributed by atoms with E-state index in [-0.39, 0.29) is 0 Å². The Morgan fingerprint density at radius 3 is 2.42 bits per heavy atom. The summed E-state index contributed by atoms with van der Waals surface area (Å²) >= 11 is 0. The van der Waals surface area contributed by atoms with Gasteiger partial charge in [0, 0.05) is 0 Å². The van der Waals surface area contributed by atoms with E-state index < -0.39 is 0 Å². The normalized spacial score (nSPS) is 22.5. The van der Waals surface area contributed by atoms with E-state index in [0.29, 0.717) is 5.41 Å². The quantitative estimate of drug-likeness (QED) is 0.638. The smallest absolute Gasteiger partial charge is 0.00517 e. The highest BCUT2D eigenvalue weighted by molar-refractivity contribution is 4.78. The highest BCUT2D eigenvalue weighted by Gasteiger charge is 2.25. The van der Waals surface area contributed by atoms with Crippen LogP contribution >= 0.6 is 0 Å². The number of rotatable bonds is 4. The van der Waals surface area contributed by atoms with Gasteiger partial charge in [0.15, 0.2) is 0 Å². The van der Waals surface area contributed by atoms with E-state index in [1.165, 1.54) is 51.5 Å². The summed E-state index contributed by atoms with van der Waals surface area (Å²) in [6.45, 7) is 3.66. The van der Waals surface area contributed by atoms with Crippen molar-refractivity contribution in [3.63, 3.8) is 0 Å². The molecule has 0 aromatic carbocycles. The lowest BCUT2D eigenvalue weighted by Gasteiger charge is -2.33. The second-order valence-electron chi connectivity index (χ2n) is 4.58. The molecular weight excluding hydrogens is 146 g/mol. The van der Waals surface area contributed by atoms with Crippen molar-refractivity contribution >= 4 is 0 Å². The lowest BCUT2D eigenvalue weighted by atomic mass is 9.73. The van der Waals surface area contributed by atoms with Gasteiger partial charge in [-0.25, -0.2) is 0 Å². The van der Waals surface area contributed by atoms with Crippen molar-refractivity contribution in [1.82, 2.24) is 5.32 Å². The maximum absolute atomic E-state index is 3.22. The van der Waals surface area contributed by atoms with Gasteiger partial charge in [0.1, 0.15) is 0 Å². The largest absolute Gasteiger partial charge is 0.320 e. The van der Waals surface area contributed by atoms with E-state index in [1.807, 2.05) is 7.05 Å². The maximum atomic E-state index is 3.22. The minimum Gasteiger partial charge on any atom is -0.320 e. The topological polar surface area (TPSA) is 12.0 Å². The first-order chi connectivity index (χ1) is 5.77. The highest BCUT2D eigenvalue weighted by Crippen LogP contribution is 2.39. The first-order valence-corrected chi connectivity index (χ1v) is 5.41. The van der Waals surface area contributed by atoms with Crippen LogP contribution in [-0.4, -0.2) is 13.6 Å². The Morgan fingerprint density at radius 1 is 1.17 bits per heavy atom. The van der Waals surface area contributed by atoms with Gasteiger partial charge in [-0.15, -0.1) is 0 Å². The van der Waals surface area contributed by atoms with E-state index >= 15 is 0 Å². The molecule has 0 saturated heterocycles. The van der Waals surface area contributed by atoms with Gasteiger partial charge in [-0.2, -0.15) is 0 Å². The fraction of sp³-hybridized carbons (Fsp3) is 1.00. The third-order valence-electron chi connectivity index (χ3n) is 3.27. The molecule has 1 N–H and O–H groups in total. The van der Waals surface area contributed by atoms with Crippen LogP contribution in [0.2, 0.25) is 0 Å². The second-order valence-corrected chi connectivity index (χ2v) is 4.58. The molecule has 0 bridgehead atoms. The lowest BCUT2D eigenvalue weighted by molar-refractivity contribution is 0.194. The summed E-state index contributed by atoms with van der Waals surface area (Å²) in [6.07, 6.45) is 10.1. The second kappa shape index (κ2) is 4.86. The van der Waals surface area contributed by atoms with Crippen molar-refractivity contribution < 1.29 is 0 Å². The molecule has 1 aliphatic rings. The molecule has 0 radical (unpaired) electrons. The molecule has 0 atom stereocenters. The molecule has 1 heteroatoms. The molecule has 1 nitrogen and oxygen atoms in total. The Labute approximate surface area is 76.9 Å². The van der Waals surface area contributed by atoms with Crippen molar-refractivity contribution in [3.8, 4) is 0 Å².